The smallest absolute Gasteiger partial charge is 0.262 e. The summed E-state index contributed by atoms with van der Waals surface area (Å²) >= 11 is 1.45. The zero-order valence-corrected chi connectivity index (χ0v) is 17.0. The number of aryl methyl sites for hydroxylation is 1. The van der Waals surface area contributed by atoms with Crippen LogP contribution in [0.1, 0.15) is 19.2 Å². The van der Waals surface area contributed by atoms with Crippen LogP contribution in [0.3, 0.4) is 0 Å². The van der Waals surface area contributed by atoms with Crippen molar-refractivity contribution in [1.29, 1.82) is 0 Å². The molecule has 0 spiro atoms. The van der Waals surface area contributed by atoms with Crippen molar-refractivity contribution in [3.63, 3.8) is 0 Å². The summed E-state index contributed by atoms with van der Waals surface area (Å²) in [6, 6.07) is 17.2. The molecule has 0 unspecified atom stereocenters. The molecule has 0 fully saturated rings. The second-order valence-corrected chi connectivity index (χ2v) is 7.70. The third-order valence-corrected chi connectivity index (χ3v) is 5.67. The highest BCUT2D eigenvalue weighted by Gasteiger charge is 2.17. The fourth-order valence-corrected chi connectivity index (χ4v) is 4.18. The molecule has 2 aromatic carbocycles. The van der Waals surface area contributed by atoms with Crippen LogP contribution in [0.5, 0.6) is 0 Å². The van der Waals surface area contributed by atoms with E-state index in [9.17, 15) is 4.79 Å². The van der Waals surface area contributed by atoms with Crippen molar-refractivity contribution < 1.29 is 4.52 Å². The van der Waals surface area contributed by atoms with Gasteiger partial charge in [-0.05, 0) is 30.7 Å². The zero-order valence-electron chi connectivity index (χ0n) is 16.2. The molecule has 3 aromatic heterocycles. The molecule has 0 atom stereocenters. The molecule has 0 N–H and O–H groups in total. The van der Waals surface area contributed by atoms with Crippen molar-refractivity contribution in [2.24, 2.45) is 0 Å². The van der Waals surface area contributed by atoms with Crippen LogP contribution in [-0.4, -0.2) is 29.3 Å². The Morgan fingerprint density at radius 3 is 2.67 bits per heavy atom. The van der Waals surface area contributed by atoms with E-state index in [1.54, 1.807) is 4.57 Å². The first-order chi connectivity index (χ1) is 14.8. The number of nitrogens with zero attached hydrogens (tertiary/aromatic N) is 6. The first kappa shape index (κ1) is 18.6. The van der Waals surface area contributed by atoms with Crippen molar-refractivity contribution in [1.82, 2.24) is 29.3 Å². The number of thioether (sulfide) groups is 1. The summed E-state index contributed by atoms with van der Waals surface area (Å²) in [5.41, 5.74) is 1.62. The van der Waals surface area contributed by atoms with E-state index in [-0.39, 0.29) is 5.56 Å². The molecule has 0 saturated carbocycles. The van der Waals surface area contributed by atoms with Gasteiger partial charge in [0.05, 0.1) is 16.7 Å². The molecule has 9 heteroatoms. The highest BCUT2D eigenvalue weighted by atomic mass is 32.2. The maximum Gasteiger partial charge on any atom is 0.262 e. The van der Waals surface area contributed by atoms with Gasteiger partial charge in [-0.25, -0.2) is 0 Å². The fraction of sp³-hybridized carbons (Fsp3) is 0.190. The van der Waals surface area contributed by atoms with Gasteiger partial charge in [0.1, 0.15) is 0 Å². The highest BCUT2D eigenvalue weighted by molar-refractivity contribution is 7.98. The Balaban J connectivity index is 1.51. The maximum absolute atomic E-state index is 12.9. The molecule has 0 bridgehead atoms. The molecule has 150 valence electrons. The van der Waals surface area contributed by atoms with E-state index in [1.165, 1.54) is 11.8 Å². The molecular weight excluding hydrogens is 400 g/mol. The molecule has 3 heterocycles. The van der Waals surface area contributed by atoms with E-state index < -0.39 is 0 Å². The molecule has 0 amide bonds. The second-order valence-electron chi connectivity index (χ2n) is 6.76. The highest BCUT2D eigenvalue weighted by Crippen LogP contribution is 2.25. The molecule has 0 saturated heterocycles. The van der Waals surface area contributed by atoms with Gasteiger partial charge in [0.2, 0.25) is 5.78 Å². The summed E-state index contributed by atoms with van der Waals surface area (Å²) in [4.78, 5) is 17.4. The predicted molar refractivity (Wildman–Crippen MR) is 114 cm³/mol. The Hall–Kier alpha value is -3.46. The molecule has 0 radical (unpaired) electrons. The first-order valence-electron chi connectivity index (χ1n) is 9.63. The monoisotopic (exact) mass is 418 g/mol. The molecule has 30 heavy (non-hydrogen) atoms. The Morgan fingerprint density at radius 1 is 1.03 bits per heavy atom. The lowest BCUT2D eigenvalue weighted by Gasteiger charge is -2.10. The predicted octanol–water partition coefficient (Wildman–Crippen LogP) is 3.80. The minimum Gasteiger partial charge on any atom is -0.334 e. The number of rotatable bonds is 6. The molecular formula is C21H18N6O2S. The largest absolute Gasteiger partial charge is 0.334 e. The minimum absolute atomic E-state index is 0.0467. The van der Waals surface area contributed by atoms with Crippen LogP contribution in [0.25, 0.3) is 28.1 Å². The van der Waals surface area contributed by atoms with Crippen molar-refractivity contribution in [2.45, 2.75) is 30.8 Å². The van der Waals surface area contributed by atoms with Gasteiger partial charge in [0.15, 0.2) is 11.0 Å². The molecule has 0 aliphatic heterocycles. The molecule has 0 aliphatic rings. The number of hydrogen-bond acceptors (Lipinski definition) is 7. The van der Waals surface area contributed by atoms with Crippen LogP contribution < -0.4 is 5.56 Å². The van der Waals surface area contributed by atoms with E-state index in [0.29, 0.717) is 40.3 Å². The van der Waals surface area contributed by atoms with Gasteiger partial charge >= 0.3 is 0 Å². The average Bonchev–Trinajstić information content (AvgIpc) is 3.43. The topological polar surface area (TPSA) is 91.1 Å². The molecule has 0 aliphatic carbocycles. The Bertz CT molecular complexity index is 1390. The average molecular weight is 418 g/mol. The van der Waals surface area contributed by atoms with Gasteiger partial charge in [-0.15, -0.1) is 10.2 Å². The summed E-state index contributed by atoms with van der Waals surface area (Å²) in [5, 5.41) is 14.0. The van der Waals surface area contributed by atoms with Crippen LogP contribution in [0.15, 0.2) is 69.1 Å². The van der Waals surface area contributed by atoms with Gasteiger partial charge < -0.3 is 4.52 Å². The normalized spacial score (nSPS) is 11.5. The van der Waals surface area contributed by atoms with E-state index in [0.717, 1.165) is 17.5 Å². The lowest BCUT2D eigenvalue weighted by Crippen LogP contribution is -2.23. The standard InChI is InChI=1S/C21H18N6O2S/c1-2-12-26-19(28)15-10-6-7-11-16(15)27-20(26)23-24-21(27)30-13-17-22-18(29-25-17)14-8-4-3-5-9-14/h3-11H,2,12-13H2,1H3. The van der Waals surface area contributed by atoms with Gasteiger partial charge in [0.25, 0.3) is 11.4 Å². The Morgan fingerprint density at radius 2 is 1.83 bits per heavy atom. The SMILES string of the molecule is CCCn1c(=O)c2ccccc2n2c(SCc3noc(-c4ccccc4)n3)nnc12. The van der Waals surface area contributed by atoms with Gasteiger partial charge in [0, 0.05) is 12.1 Å². The number of aromatic nitrogens is 6. The van der Waals surface area contributed by atoms with Crippen LogP contribution in [0.4, 0.5) is 0 Å². The van der Waals surface area contributed by atoms with E-state index in [4.69, 9.17) is 4.52 Å². The van der Waals surface area contributed by atoms with E-state index in [2.05, 4.69) is 20.3 Å². The number of para-hydroxylation sites is 1. The van der Waals surface area contributed by atoms with Gasteiger partial charge in [-0.2, -0.15) is 4.98 Å². The summed E-state index contributed by atoms with van der Waals surface area (Å²) in [6.45, 7) is 2.62. The van der Waals surface area contributed by atoms with Crippen molar-refractivity contribution >= 4 is 28.4 Å². The molecule has 5 rings (SSSR count). The third kappa shape index (κ3) is 3.17. The first-order valence-corrected chi connectivity index (χ1v) is 10.6. The van der Waals surface area contributed by atoms with Crippen LogP contribution >= 0.6 is 11.8 Å². The van der Waals surface area contributed by atoms with Gasteiger partial charge in [-0.3, -0.25) is 13.8 Å². The third-order valence-electron chi connectivity index (χ3n) is 4.74. The van der Waals surface area contributed by atoms with Crippen molar-refractivity contribution in [3.8, 4) is 11.5 Å². The Labute approximate surface area is 175 Å². The second kappa shape index (κ2) is 7.75. The summed E-state index contributed by atoms with van der Waals surface area (Å²) in [6.07, 6.45) is 0.828. The molecule has 5 aromatic rings. The fourth-order valence-electron chi connectivity index (χ4n) is 3.39. The van der Waals surface area contributed by atoms with E-state index >= 15 is 0 Å². The van der Waals surface area contributed by atoms with Crippen LogP contribution in [-0.2, 0) is 12.3 Å². The zero-order chi connectivity index (χ0) is 20.5. The summed E-state index contributed by atoms with van der Waals surface area (Å²) in [5.74, 6) is 2.07. The van der Waals surface area contributed by atoms with Crippen molar-refractivity contribution in [2.75, 3.05) is 0 Å². The quantitative estimate of drug-likeness (QED) is 0.387. The van der Waals surface area contributed by atoms with Crippen molar-refractivity contribution in [3.05, 3.63) is 70.8 Å². The molecule has 8 nitrogen and oxygen atoms in total. The van der Waals surface area contributed by atoms with Crippen LogP contribution in [0, 0.1) is 0 Å². The summed E-state index contributed by atoms with van der Waals surface area (Å²) in [7, 11) is 0. The lowest BCUT2D eigenvalue weighted by atomic mass is 10.2. The van der Waals surface area contributed by atoms with E-state index in [1.807, 2.05) is 65.9 Å². The summed E-state index contributed by atoms with van der Waals surface area (Å²) < 4.78 is 8.99. The van der Waals surface area contributed by atoms with Gasteiger partial charge in [-0.1, -0.05) is 54.2 Å². The minimum atomic E-state index is -0.0467. The Kier molecular flexibility index (Phi) is 4.80. The lowest BCUT2D eigenvalue weighted by molar-refractivity contribution is 0.425. The number of benzene rings is 2. The van der Waals surface area contributed by atoms with Crippen LogP contribution in [0.2, 0.25) is 0 Å². The maximum atomic E-state index is 12.9. The number of hydrogen-bond donors (Lipinski definition) is 0. The number of fused-ring (bicyclic) bond motifs is 3.